The molecular formula is C13H28ClNO. The van der Waals surface area contributed by atoms with Crippen molar-refractivity contribution < 1.29 is 4.74 Å². The molecule has 0 spiro atoms. The second-order valence-electron chi connectivity index (χ2n) is 4.30. The smallest absolute Gasteiger partial charge is 0.0590 e. The van der Waals surface area contributed by atoms with Crippen LogP contribution in [0, 0.1) is 5.92 Å². The Hall–Kier alpha value is 0.210. The van der Waals surface area contributed by atoms with Crippen LogP contribution in [0.1, 0.15) is 46.0 Å². The molecule has 1 atom stereocenters. The predicted octanol–water partition coefficient (Wildman–Crippen LogP) is 3.44. The summed E-state index contributed by atoms with van der Waals surface area (Å²) in [5.41, 5.74) is 0. The molecule has 0 amide bonds. The summed E-state index contributed by atoms with van der Waals surface area (Å²) in [6.45, 7) is 8.19. The molecule has 0 fully saturated rings. The van der Waals surface area contributed by atoms with Crippen molar-refractivity contribution in [1.82, 2.24) is 5.32 Å². The maximum atomic E-state index is 5.78. The predicted molar refractivity (Wildman–Crippen MR) is 72.3 cm³/mol. The maximum Gasteiger partial charge on any atom is 0.0590 e. The van der Waals surface area contributed by atoms with Crippen molar-refractivity contribution in [3.05, 3.63) is 0 Å². The first-order valence-corrected chi connectivity index (χ1v) is 7.23. The molecule has 3 heteroatoms. The molecule has 0 aliphatic carbocycles. The van der Waals surface area contributed by atoms with Gasteiger partial charge in [0.25, 0.3) is 0 Å². The lowest BCUT2D eigenvalue weighted by Crippen LogP contribution is -2.26. The minimum Gasteiger partial charge on any atom is -0.380 e. The molecule has 0 saturated carbocycles. The number of rotatable bonds is 12. The van der Waals surface area contributed by atoms with Gasteiger partial charge < -0.3 is 10.1 Å². The molecule has 2 nitrogen and oxygen atoms in total. The summed E-state index contributed by atoms with van der Waals surface area (Å²) >= 11 is 5.78. The average Bonchev–Trinajstić information content (AvgIpc) is 2.28. The zero-order valence-corrected chi connectivity index (χ0v) is 11.7. The van der Waals surface area contributed by atoms with Crippen molar-refractivity contribution >= 4 is 11.6 Å². The minimum atomic E-state index is 0.734. The van der Waals surface area contributed by atoms with Crippen molar-refractivity contribution in [2.24, 2.45) is 5.92 Å². The highest BCUT2D eigenvalue weighted by molar-refractivity contribution is 6.17. The molecule has 98 valence electrons. The average molecular weight is 250 g/mol. The van der Waals surface area contributed by atoms with E-state index in [1.54, 1.807) is 0 Å². The van der Waals surface area contributed by atoms with Crippen molar-refractivity contribution in [2.45, 2.75) is 46.0 Å². The number of halogens is 1. The van der Waals surface area contributed by atoms with Gasteiger partial charge in [0.05, 0.1) is 6.61 Å². The summed E-state index contributed by atoms with van der Waals surface area (Å²) in [6, 6.07) is 0. The highest BCUT2D eigenvalue weighted by atomic mass is 35.5. The fourth-order valence-corrected chi connectivity index (χ4v) is 2.02. The van der Waals surface area contributed by atoms with Crippen LogP contribution in [0.2, 0.25) is 0 Å². The van der Waals surface area contributed by atoms with E-state index in [-0.39, 0.29) is 0 Å². The first-order valence-electron chi connectivity index (χ1n) is 6.69. The third-order valence-electron chi connectivity index (χ3n) is 2.71. The fraction of sp³-hybridized carbons (Fsp3) is 1.00. The molecule has 0 aromatic carbocycles. The van der Waals surface area contributed by atoms with E-state index < -0.39 is 0 Å². The SMILES string of the molecule is CCCCOCCNCC(CCC)CCCl. The second kappa shape index (κ2) is 13.3. The molecule has 1 unspecified atom stereocenters. The third kappa shape index (κ3) is 10.7. The van der Waals surface area contributed by atoms with E-state index in [1.807, 2.05) is 0 Å². The highest BCUT2D eigenvalue weighted by Crippen LogP contribution is 2.10. The summed E-state index contributed by atoms with van der Waals surface area (Å²) in [5.74, 6) is 1.51. The van der Waals surface area contributed by atoms with Crippen LogP contribution in [0.25, 0.3) is 0 Å². The van der Waals surface area contributed by atoms with Gasteiger partial charge in [0.15, 0.2) is 0 Å². The highest BCUT2D eigenvalue weighted by Gasteiger charge is 2.05. The van der Waals surface area contributed by atoms with E-state index in [4.69, 9.17) is 16.3 Å². The van der Waals surface area contributed by atoms with E-state index in [0.717, 1.165) is 44.5 Å². The zero-order chi connectivity index (χ0) is 12.1. The number of alkyl halides is 1. The van der Waals surface area contributed by atoms with E-state index in [1.165, 1.54) is 25.7 Å². The molecule has 0 aromatic heterocycles. The molecule has 0 rings (SSSR count). The number of unbranched alkanes of at least 4 members (excludes halogenated alkanes) is 1. The lowest BCUT2D eigenvalue weighted by molar-refractivity contribution is 0.132. The van der Waals surface area contributed by atoms with Gasteiger partial charge in [0.2, 0.25) is 0 Å². The number of hydrogen-bond acceptors (Lipinski definition) is 2. The van der Waals surface area contributed by atoms with Crippen LogP contribution in [0.5, 0.6) is 0 Å². The van der Waals surface area contributed by atoms with Gasteiger partial charge in [-0.2, -0.15) is 0 Å². The Morgan fingerprint density at radius 3 is 2.56 bits per heavy atom. The second-order valence-corrected chi connectivity index (χ2v) is 4.68. The Labute approximate surface area is 106 Å². The van der Waals surface area contributed by atoms with Crippen LogP contribution in [0.15, 0.2) is 0 Å². The van der Waals surface area contributed by atoms with Gasteiger partial charge in [-0.25, -0.2) is 0 Å². The molecule has 0 aromatic rings. The molecule has 16 heavy (non-hydrogen) atoms. The van der Waals surface area contributed by atoms with Crippen LogP contribution in [-0.2, 0) is 4.74 Å². The lowest BCUT2D eigenvalue weighted by atomic mass is 10.0. The van der Waals surface area contributed by atoms with Gasteiger partial charge >= 0.3 is 0 Å². The van der Waals surface area contributed by atoms with Crippen LogP contribution < -0.4 is 5.32 Å². The summed E-state index contributed by atoms with van der Waals surface area (Å²) in [7, 11) is 0. The molecule has 0 heterocycles. The Bertz CT molecular complexity index is 127. The summed E-state index contributed by atoms with van der Waals surface area (Å²) < 4.78 is 5.49. The Kier molecular flexibility index (Phi) is 13.4. The standard InChI is InChI=1S/C13H28ClNO/c1-3-5-10-16-11-9-15-12-13(6-4-2)7-8-14/h13,15H,3-12H2,1-2H3. The zero-order valence-electron chi connectivity index (χ0n) is 10.9. The van der Waals surface area contributed by atoms with Crippen molar-refractivity contribution in [1.29, 1.82) is 0 Å². The van der Waals surface area contributed by atoms with Gasteiger partial charge in [-0.05, 0) is 31.7 Å². The quantitative estimate of drug-likeness (QED) is 0.423. The van der Waals surface area contributed by atoms with E-state index in [0.29, 0.717) is 0 Å². The largest absolute Gasteiger partial charge is 0.380 e. The van der Waals surface area contributed by atoms with Crippen LogP contribution in [0.4, 0.5) is 0 Å². The minimum absolute atomic E-state index is 0.734. The van der Waals surface area contributed by atoms with Crippen molar-refractivity contribution in [2.75, 3.05) is 32.2 Å². The molecule has 0 radical (unpaired) electrons. The molecule has 0 bridgehead atoms. The Balaban J connectivity index is 3.25. The maximum absolute atomic E-state index is 5.78. The Morgan fingerprint density at radius 1 is 1.12 bits per heavy atom. The first-order chi connectivity index (χ1) is 7.85. The monoisotopic (exact) mass is 249 g/mol. The summed E-state index contributed by atoms with van der Waals surface area (Å²) in [5, 5.41) is 3.45. The number of ether oxygens (including phenoxy) is 1. The van der Waals surface area contributed by atoms with Gasteiger partial charge in [0.1, 0.15) is 0 Å². The van der Waals surface area contributed by atoms with Crippen LogP contribution in [0.3, 0.4) is 0 Å². The number of hydrogen-bond donors (Lipinski definition) is 1. The van der Waals surface area contributed by atoms with Crippen molar-refractivity contribution in [3.63, 3.8) is 0 Å². The summed E-state index contributed by atoms with van der Waals surface area (Å²) in [4.78, 5) is 0. The Morgan fingerprint density at radius 2 is 1.94 bits per heavy atom. The normalized spacial score (nSPS) is 12.9. The van der Waals surface area contributed by atoms with Gasteiger partial charge in [0, 0.05) is 19.0 Å². The van der Waals surface area contributed by atoms with E-state index >= 15 is 0 Å². The van der Waals surface area contributed by atoms with Crippen LogP contribution >= 0.6 is 11.6 Å². The third-order valence-corrected chi connectivity index (χ3v) is 2.93. The fourth-order valence-electron chi connectivity index (χ4n) is 1.71. The molecule has 0 saturated heterocycles. The summed E-state index contributed by atoms with van der Waals surface area (Å²) in [6.07, 6.45) is 6.03. The van der Waals surface area contributed by atoms with Gasteiger partial charge in [-0.15, -0.1) is 11.6 Å². The molecule has 1 N–H and O–H groups in total. The molecule has 0 aliphatic heterocycles. The topological polar surface area (TPSA) is 21.3 Å². The van der Waals surface area contributed by atoms with Crippen LogP contribution in [-0.4, -0.2) is 32.2 Å². The van der Waals surface area contributed by atoms with E-state index in [9.17, 15) is 0 Å². The first kappa shape index (κ1) is 16.2. The van der Waals surface area contributed by atoms with Gasteiger partial charge in [-0.3, -0.25) is 0 Å². The molecular weight excluding hydrogens is 222 g/mol. The molecule has 0 aliphatic rings. The number of nitrogens with one attached hydrogen (secondary N) is 1. The van der Waals surface area contributed by atoms with E-state index in [2.05, 4.69) is 19.2 Å². The van der Waals surface area contributed by atoms with Gasteiger partial charge in [-0.1, -0.05) is 26.7 Å². The van der Waals surface area contributed by atoms with Crippen molar-refractivity contribution in [3.8, 4) is 0 Å². The lowest BCUT2D eigenvalue weighted by Gasteiger charge is -2.15.